The van der Waals surface area contributed by atoms with Gasteiger partial charge in [-0.25, -0.2) is 13.8 Å². The maximum Gasteiger partial charge on any atom is 0.159 e. The van der Waals surface area contributed by atoms with Gasteiger partial charge in [0.15, 0.2) is 11.6 Å². The highest BCUT2D eigenvalue weighted by atomic mass is 19.2. The third-order valence-corrected chi connectivity index (χ3v) is 3.25. The highest BCUT2D eigenvalue weighted by Crippen LogP contribution is 2.13. The number of ether oxygens (including phenoxy) is 1. The van der Waals surface area contributed by atoms with E-state index in [1.54, 1.807) is 19.4 Å². The van der Waals surface area contributed by atoms with Gasteiger partial charge in [0.2, 0.25) is 0 Å². The van der Waals surface area contributed by atoms with Gasteiger partial charge >= 0.3 is 0 Å². The van der Waals surface area contributed by atoms with Gasteiger partial charge in [0.1, 0.15) is 5.82 Å². The summed E-state index contributed by atoms with van der Waals surface area (Å²) < 4.78 is 33.2. The molecular weight excluding hydrogens is 276 g/mol. The molecule has 0 fully saturated rings. The number of aromatic nitrogens is 2. The summed E-state index contributed by atoms with van der Waals surface area (Å²) in [6.07, 6.45) is 1.79. The van der Waals surface area contributed by atoms with E-state index in [4.69, 9.17) is 4.74 Å². The van der Waals surface area contributed by atoms with Gasteiger partial charge in [0.05, 0.1) is 12.3 Å². The van der Waals surface area contributed by atoms with Crippen LogP contribution >= 0.6 is 0 Å². The molecule has 0 aliphatic rings. The Kier molecular flexibility index (Phi) is 5.41. The molecular formula is C15H19F2N3O. The van der Waals surface area contributed by atoms with Gasteiger partial charge in [-0.3, -0.25) is 0 Å². The Morgan fingerprint density at radius 1 is 1.29 bits per heavy atom. The Bertz CT molecular complexity index is 599. The molecule has 4 nitrogen and oxygen atoms in total. The fourth-order valence-electron chi connectivity index (χ4n) is 2.08. The summed E-state index contributed by atoms with van der Waals surface area (Å²) in [5, 5.41) is 3.24. The van der Waals surface area contributed by atoms with Crippen LogP contribution in [0.3, 0.4) is 0 Å². The molecule has 0 aliphatic heterocycles. The smallest absolute Gasteiger partial charge is 0.159 e. The molecule has 21 heavy (non-hydrogen) atoms. The lowest BCUT2D eigenvalue weighted by molar-refractivity contribution is 0.199. The average molecular weight is 295 g/mol. The maximum absolute atomic E-state index is 13.3. The van der Waals surface area contributed by atoms with E-state index in [1.165, 1.54) is 6.07 Å². The molecule has 0 saturated carbocycles. The van der Waals surface area contributed by atoms with Gasteiger partial charge in [0.25, 0.3) is 0 Å². The number of hydrogen-bond donors (Lipinski definition) is 1. The zero-order valence-corrected chi connectivity index (χ0v) is 12.2. The van der Waals surface area contributed by atoms with Gasteiger partial charge in [-0.1, -0.05) is 6.07 Å². The number of aryl methyl sites for hydroxylation is 1. The molecule has 0 spiro atoms. The minimum atomic E-state index is -0.831. The predicted molar refractivity (Wildman–Crippen MR) is 76.0 cm³/mol. The second-order valence-corrected chi connectivity index (χ2v) is 4.80. The van der Waals surface area contributed by atoms with Crippen LogP contribution in [0.1, 0.15) is 17.1 Å². The average Bonchev–Trinajstić information content (AvgIpc) is 2.80. The molecule has 0 bridgehead atoms. The van der Waals surface area contributed by atoms with Crippen molar-refractivity contribution in [2.75, 3.05) is 20.3 Å². The van der Waals surface area contributed by atoms with Crippen molar-refractivity contribution in [3.63, 3.8) is 0 Å². The molecule has 2 rings (SSSR count). The highest BCUT2D eigenvalue weighted by Gasteiger charge is 2.09. The van der Waals surface area contributed by atoms with Crippen molar-refractivity contribution in [1.29, 1.82) is 0 Å². The molecule has 1 aromatic carbocycles. The summed E-state index contributed by atoms with van der Waals surface area (Å²) in [6.45, 7) is 4.37. The van der Waals surface area contributed by atoms with Gasteiger partial charge < -0.3 is 14.6 Å². The van der Waals surface area contributed by atoms with Crippen molar-refractivity contribution in [3.8, 4) is 0 Å². The zero-order valence-electron chi connectivity index (χ0n) is 12.2. The van der Waals surface area contributed by atoms with Crippen LogP contribution in [0.15, 0.2) is 24.4 Å². The fourth-order valence-corrected chi connectivity index (χ4v) is 2.08. The molecule has 114 valence electrons. The Hall–Kier alpha value is -1.79. The number of imidazole rings is 1. The largest absolute Gasteiger partial charge is 0.383 e. The van der Waals surface area contributed by atoms with Crippen LogP contribution in [0.2, 0.25) is 0 Å². The van der Waals surface area contributed by atoms with Gasteiger partial charge in [-0.15, -0.1) is 0 Å². The molecule has 6 heteroatoms. The Labute approximate surface area is 122 Å². The topological polar surface area (TPSA) is 39.1 Å². The van der Waals surface area contributed by atoms with Crippen LogP contribution in [0.4, 0.5) is 8.78 Å². The first-order chi connectivity index (χ1) is 10.1. The highest BCUT2D eigenvalue weighted by molar-refractivity contribution is 5.20. The second-order valence-electron chi connectivity index (χ2n) is 4.80. The number of halogens is 2. The van der Waals surface area contributed by atoms with Crippen molar-refractivity contribution in [2.24, 2.45) is 0 Å². The maximum atomic E-state index is 13.3. The third kappa shape index (κ3) is 4.09. The van der Waals surface area contributed by atoms with E-state index in [2.05, 4.69) is 10.3 Å². The number of methoxy groups -OCH3 is 1. The van der Waals surface area contributed by atoms with Crippen molar-refractivity contribution >= 4 is 0 Å². The normalized spacial score (nSPS) is 11.0. The summed E-state index contributed by atoms with van der Waals surface area (Å²) >= 11 is 0. The molecule has 0 saturated heterocycles. The summed E-state index contributed by atoms with van der Waals surface area (Å²) in [4.78, 5) is 4.28. The first-order valence-electron chi connectivity index (χ1n) is 6.76. The van der Waals surface area contributed by atoms with Crippen molar-refractivity contribution in [1.82, 2.24) is 14.9 Å². The van der Waals surface area contributed by atoms with E-state index < -0.39 is 11.6 Å². The number of hydrogen-bond acceptors (Lipinski definition) is 3. The van der Waals surface area contributed by atoms with E-state index in [0.29, 0.717) is 25.3 Å². The summed E-state index contributed by atoms with van der Waals surface area (Å²) in [7, 11) is 1.65. The van der Waals surface area contributed by atoms with Crippen molar-refractivity contribution < 1.29 is 13.5 Å². The minimum Gasteiger partial charge on any atom is -0.383 e. The van der Waals surface area contributed by atoms with Crippen LogP contribution in [0.5, 0.6) is 0 Å². The quantitative estimate of drug-likeness (QED) is 0.796. The lowest BCUT2D eigenvalue weighted by Crippen LogP contribution is -2.21. The van der Waals surface area contributed by atoms with E-state index >= 15 is 0 Å². The molecule has 0 aliphatic carbocycles. The molecule has 0 amide bonds. The molecule has 0 unspecified atom stereocenters. The molecule has 0 radical (unpaired) electrons. The molecule has 2 aromatic rings. The summed E-state index contributed by atoms with van der Waals surface area (Å²) in [5.41, 5.74) is 1.70. The van der Waals surface area contributed by atoms with Crippen LogP contribution < -0.4 is 5.32 Å². The third-order valence-electron chi connectivity index (χ3n) is 3.25. The van der Waals surface area contributed by atoms with Crippen LogP contribution in [-0.4, -0.2) is 29.8 Å². The van der Waals surface area contributed by atoms with Crippen LogP contribution in [0, 0.1) is 18.6 Å². The first kappa shape index (κ1) is 15.6. The lowest BCUT2D eigenvalue weighted by atomic mass is 10.2. The minimum absolute atomic E-state index is 0.463. The fraction of sp³-hybridized carbons (Fsp3) is 0.400. The number of benzene rings is 1. The summed E-state index contributed by atoms with van der Waals surface area (Å²) in [5.74, 6) is -0.823. The zero-order chi connectivity index (χ0) is 15.2. The number of rotatable bonds is 7. The SMILES string of the molecule is COCCNCc1cnc(C)n1Cc1ccc(F)c(F)c1. The Morgan fingerprint density at radius 2 is 2.10 bits per heavy atom. The van der Waals surface area contributed by atoms with E-state index in [1.807, 2.05) is 11.5 Å². The van der Waals surface area contributed by atoms with E-state index in [-0.39, 0.29) is 0 Å². The van der Waals surface area contributed by atoms with Crippen molar-refractivity contribution in [2.45, 2.75) is 20.0 Å². The Morgan fingerprint density at radius 3 is 2.81 bits per heavy atom. The van der Waals surface area contributed by atoms with Crippen molar-refractivity contribution in [3.05, 3.63) is 53.1 Å². The van der Waals surface area contributed by atoms with Gasteiger partial charge in [-0.05, 0) is 24.6 Å². The molecule has 1 aromatic heterocycles. The first-order valence-corrected chi connectivity index (χ1v) is 6.76. The van der Waals surface area contributed by atoms with Crippen LogP contribution in [0.25, 0.3) is 0 Å². The van der Waals surface area contributed by atoms with Crippen LogP contribution in [-0.2, 0) is 17.8 Å². The van der Waals surface area contributed by atoms with Gasteiger partial charge in [0, 0.05) is 32.9 Å². The predicted octanol–water partition coefficient (Wildman–Crippen LogP) is 2.25. The standard InChI is InChI=1S/C15H19F2N3O/c1-11-19-9-13(8-18-5-6-21-2)20(11)10-12-3-4-14(16)15(17)7-12/h3-4,7,9,18H,5-6,8,10H2,1-2H3. The molecule has 1 heterocycles. The Balaban J connectivity index is 2.08. The lowest BCUT2D eigenvalue weighted by Gasteiger charge is -2.11. The monoisotopic (exact) mass is 295 g/mol. The number of nitrogens with zero attached hydrogens (tertiary/aromatic N) is 2. The van der Waals surface area contributed by atoms with Gasteiger partial charge in [-0.2, -0.15) is 0 Å². The second kappa shape index (κ2) is 7.28. The van der Waals surface area contributed by atoms with E-state index in [9.17, 15) is 8.78 Å². The number of nitrogens with one attached hydrogen (secondary N) is 1. The molecule has 1 N–H and O–H groups in total. The molecule has 0 atom stereocenters. The summed E-state index contributed by atoms with van der Waals surface area (Å²) in [6, 6.07) is 3.95. The van der Waals surface area contributed by atoms with E-state index in [0.717, 1.165) is 24.1 Å².